The highest BCUT2D eigenvalue weighted by Crippen LogP contribution is 2.31. The second kappa shape index (κ2) is 6.06. The van der Waals surface area contributed by atoms with Crippen molar-refractivity contribution in [3.05, 3.63) is 34.1 Å². The van der Waals surface area contributed by atoms with Crippen molar-refractivity contribution in [2.45, 2.75) is 39.0 Å². The van der Waals surface area contributed by atoms with Gasteiger partial charge < -0.3 is 10.3 Å². The summed E-state index contributed by atoms with van der Waals surface area (Å²) in [5.41, 5.74) is 7.81. The Balaban J connectivity index is 2.42. The van der Waals surface area contributed by atoms with Gasteiger partial charge in [0.15, 0.2) is 0 Å². The molecule has 0 spiro atoms. The van der Waals surface area contributed by atoms with Crippen molar-refractivity contribution in [1.29, 1.82) is 0 Å². The minimum Gasteiger partial charge on any atom is -0.338 e. The van der Waals surface area contributed by atoms with Crippen LogP contribution in [0, 0.1) is 6.92 Å². The van der Waals surface area contributed by atoms with Gasteiger partial charge in [0.1, 0.15) is 0 Å². The van der Waals surface area contributed by atoms with E-state index in [-0.39, 0.29) is 5.41 Å². The SMILES string of the molecule is CCC(CC)(CN)c1nc(-c2ccc(Br)cc2C)no1. The van der Waals surface area contributed by atoms with Crippen LogP contribution in [0.4, 0.5) is 0 Å². The molecule has 0 aliphatic rings. The zero-order valence-corrected chi connectivity index (χ0v) is 13.7. The van der Waals surface area contributed by atoms with Crippen molar-refractivity contribution in [3.8, 4) is 11.4 Å². The number of hydrogen-bond acceptors (Lipinski definition) is 4. The first-order valence-electron chi connectivity index (χ1n) is 6.87. The van der Waals surface area contributed by atoms with E-state index in [1.165, 1.54) is 0 Å². The smallest absolute Gasteiger partial charge is 0.234 e. The summed E-state index contributed by atoms with van der Waals surface area (Å²) in [4.78, 5) is 4.58. The Hall–Kier alpha value is -1.20. The van der Waals surface area contributed by atoms with Crippen molar-refractivity contribution in [1.82, 2.24) is 10.1 Å². The molecule has 0 aliphatic carbocycles. The van der Waals surface area contributed by atoms with Gasteiger partial charge in [-0.15, -0.1) is 0 Å². The van der Waals surface area contributed by atoms with Crippen molar-refractivity contribution < 1.29 is 4.52 Å². The maximum atomic E-state index is 5.92. The van der Waals surface area contributed by atoms with Gasteiger partial charge in [-0.05, 0) is 43.5 Å². The molecule has 0 unspecified atom stereocenters. The number of aromatic nitrogens is 2. The van der Waals surface area contributed by atoms with Gasteiger partial charge in [0.2, 0.25) is 11.7 Å². The number of hydrogen-bond donors (Lipinski definition) is 1. The fraction of sp³-hybridized carbons (Fsp3) is 0.467. The van der Waals surface area contributed by atoms with Crippen LogP contribution in [-0.4, -0.2) is 16.7 Å². The second-order valence-electron chi connectivity index (χ2n) is 5.07. The Kier molecular flexibility index (Phi) is 4.60. The van der Waals surface area contributed by atoms with Gasteiger partial charge in [-0.25, -0.2) is 0 Å². The number of rotatable bonds is 5. The van der Waals surface area contributed by atoms with Crippen LogP contribution in [0.5, 0.6) is 0 Å². The Labute approximate surface area is 127 Å². The predicted molar refractivity (Wildman–Crippen MR) is 83.5 cm³/mol. The number of aryl methyl sites for hydroxylation is 1. The molecule has 1 aromatic heterocycles. The van der Waals surface area contributed by atoms with E-state index < -0.39 is 0 Å². The molecule has 1 aromatic carbocycles. The molecule has 2 aromatic rings. The third-order valence-corrected chi connectivity index (χ3v) is 4.55. The van der Waals surface area contributed by atoms with Crippen LogP contribution in [0.25, 0.3) is 11.4 Å². The van der Waals surface area contributed by atoms with E-state index in [2.05, 4.69) is 39.9 Å². The standard InChI is InChI=1S/C15H20BrN3O/c1-4-15(5-2,9-17)14-18-13(19-20-14)12-7-6-11(16)8-10(12)3/h6-8H,4-5,9,17H2,1-3H3. The van der Waals surface area contributed by atoms with E-state index in [1.807, 2.05) is 25.1 Å². The maximum absolute atomic E-state index is 5.92. The Morgan fingerprint density at radius 3 is 2.55 bits per heavy atom. The number of halogens is 1. The van der Waals surface area contributed by atoms with Crippen LogP contribution in [0.2, 0.25) is 0 Å². The molecule has 0 atom stereocenters. The van der Waals surface area contributed by atoms with Gasteiger partial charge in [-0.2, -0.15) is 4.98 Å². The van der Waals surface area contributed by atoms with Crippen molar-refractivity contribution in [2.24, 2.45) is 5.73 Å². The lowest BCUT2D eigenvalue weighted by atomic mass is 9.82. The van der Waals surface area contributed by atoms with Gasteiger partial charge in [0.05, 0.1) is 5.41 Å². The van der Waals surface area contributed by atoms with Gasteiger partial charge in [0.25, 0.3) is 0 Å². The fourth-order valence-corrected chi connectivity index (χ4v) is 2.83. The van der Waals surface area contributed by atoms with E-state index in [0.29, 0.717) is 18.3 Å². The topological polar surface area (TPSA) is 64.9 Å². The van der Waals surface area contributed by atoms with E-state index in [1.54, 1.807) is 0 Å². The van der Waals surface area contributed by atoms with E-state index in [0.717, 1.165) is 28.4 Å². The van der Waals surface area contributed by atoms with Crippen LogP contribution in [0.15, 0.2) is 27.2 Å². The van der Waals surface area contributed by atoms with Crippen LogP contribution in [0.1, 0.15) is 38.1 Å². The zero-order chi connectivity index (χ0) is 14.8. The molecular formula is C15H20BrN3O. The van der Waals surface area contributed by atoms with Crippen LogP contribution >= 0.6 is 15.9 Å². The largest absolute Gasteiger partial charge is 0.338 e. The Bertz CT molecular complexity index is 582. The molecule has 20 heavy (non-hydrogen) atoms. The highest BCUT2D eigenvalue weighted by Gasteiger charge is 2.33. The number of nitrogens with zero attached hydrogens (tertiary/aromatic N) is 2. The summed E-state index contributed by atoms with van der Waals surface area (Å²) >= 11 is 3.46. The average Bonchev–Trinajstić information content (AvgIpc) is 2.91. The molecule has 0 saturated carbocycles. The minimum atomic E-state index is -0.214. The van der Waals surface area contributed by atoms with Crippen LogP contribution in [-0.2, 0) is 5.41 Å². The molecule has 2 rings (SSSR count). The van der Waals surface area contributed by atoms with Crippen molar-refractivity contribution in [3.63, 3.8) is 0 Å². The minimum absolute atomic E-state index is 0.214. The molecule has 0 aliphatic heterocycles. The third kappa shape index (κ3) is 2.65. The first-order valence-corrected chi connectivity index (χ1v) is 7.66. The molecule has 0 radical (unpaired) electrons. The zero-order valence-electron chi connectivity index (χ0n) is 12.1. The van der Waals surface area contributed by atoms with Gasteiger partial charge in [-0.1, -0.05) is 34.9 Å². The first kappa shape index (κ1) is 15.2. The van der Waals surface area contributed by atoms with Crippen molar-refractivity contribution in [2.75, 3.05) is 6.54 Å². The summed E-state index contributed by atoms with van der Waals surface area (Å²) in [5.74, 6) is 1.27. The second-order valence-corrected chi connectivity index (χ2v) is 5.99. The van der Waals surface area contributed by atoms with Crippen LogP contribution < -0.4 is 5.73 Å². The lowest BCUT2D eigenvalue weighted by Crippen LogP contribution is -2.34. The van der Waals surface area contributed by atoms with E-state index >= 15 is 0 Å². The molecular weight excluding hydrogens is 318 g/mol. The van der Waals surface area contributed by atoms with Gasteiger partial charge in [0, 0.05) is 16.6 Å². The first-order chi connectivity index (χ1) is 9.56. The summed E-state index contributed by atoms with van der Waals surface area (Å²) in [6.07, 6.45) is 1.78. The molecule has 4 nitrogen and oxygen atoms in total. The van der Waals surface area contributed by atoms with Gasteiger partial charge >= 0.3 is 0 Å². The molecule has 0 amide bonds. The quantitative estimate of drug-likeness (QED) is 0.900. The number of benzene rings is 1. The summed E-state index contributed by atoms with van der Waals surface area (Å²) < 4.78 is 6.53. The lowest BCUT2D eigenvalue weighted by Gasteiger charge is -2.24. The monoisotopic (exact) mass is 337 g/mol. The highest BCUT2D eigenvalue weighted by atomic mass is 79.9. The molecule has 5 heteroatoms. The summed E-state index contributed by atoms with van der Waals surface area (Å²) in [7, 11) is 0. The fourth-order valence-electron chi connectivity index (χ4n) is 2.35. The normalized spacial score (nSPS) is 11.8. The van der Waals surface area contributed by atoms with E-state index in [9.17, 15) is 0 Å². The molecule has 1 heterocycles. The van der Waals surface area contributed by atoms with E-state index in [4.69, 9.17) is 10.3 Å². The maximum Gasteiger partial charge on any atom is 0.234 e. The Morgan fingerprint density at radius 2 is 2.00 bits per heavy atom. The molecule has 0 bridgehead atoms. The highest BCUT2D eigenvalue weighted by molar-refractivity contribution is 9.10. The molecule has 108 valence electrons. The molecule has 2 N–H and O–H groups in total. The predicted octanol–water partition coefficient (Wildman–Crippen LogP) is 3.82. The summed E-state index contributed by atoms with van der Waals surface area (Å²) in [5, 5.41) is 4.13. The van der Waals surface area contributed by atoms with Crippen molar-refractivity contribution >= 4 is 15.9 Å². The summed E-state index contributed by atoms with van der Waals surface area (Å²) in [6, 6.07) is 6.02. The molecule has 0 saturated heterocycles. The van der Waals surface area contributed by atoms with Gasteiger partial charge in [-0.3, -0.25) is 0 Å². The Morgan fingerprint density at radius 1 is 1.30 bits per heavy atom. The summed E-state index contributed by atoms with van der Waals surface area (Å²) in [6.45, 7) is 6.75. The lowest BCUT2D eigenvalue weighted by molar-refractivity contribution is 0.267. The number of nitrogens with two attached hydrogens (primary N) is 1. The molecule has 0 fully saturated rings. The third-order valence-electron chi connectivity index (χ3n) is 4.05. The van der Waals surface area contributed by atoms with Crippen LogP contribution in [0.3, 0.4) is 0 Å². The average molecular weight is 338 g/mol.